The monoisotopic (exact) mass is 339 g/mol. The SMILES string of the molecule is CCCCOC(=O)Oc1c(C)c(CC)nc2ccc(F)c(Cl)c12. The Hall–Kier alpha value is -1.88. The number of nitrogens with zero attached hydrogens (tertiary/aromatic N) is 1. The van der Waals surface area contributed by atoms with Gasteiger partial charge >= 0.3 is 6.16 Å². The fourth-order valence-electron chi connectivity index (χ4n) is 2.28. The van der Waals surface area contributed by atoms with Crippen LogP contribution in [0.2, 0.25) is 5.02 Å². The molecular weight excluding hydrogens is 321 g/mol. The number of hydrogen-bond acceptors (Lipinski definition) is 4. The maximum absolute atomic E-state index is 13.8. The second-order valence-corrected chi connectivity index (χ2v) is 5.55. The lowest BCUT2D eigenvalue weighted by atomic mass is 10.1. The predicted octanol–water partition coefficient (Wildman–Crippen LogP) is 5.21. The van der Waals surface area contributed by atoms with E-state index in [1.807, 2.05) is 13.8 Å². The van der Waals surface area contributed by atoms with Crippen LogP contribution in [0.4, 0.5) is 9.18 Å². The van der Waals surface area contributed by atoms with E-state index in [1.165, 1.54) is 12.1 Å². The third-order valence-corrected chi connectivity index (χ3v) is 3.94. The van der Waals surface area contributed by atoms with Crippen LogP contribution in [0.25, 0.3) is 10.9 Å². The summed E-state index contributed by atoms with van der Waals surface area (Å²) in [7, 11) is 0. The summed E-state index contributed by atoms with van der Waals surface area (Å²) in [6.45, 7) is 5.97. The number of hydrogen-bond donors (Lipinski definition) is 0. The number of rotatable bonds is 5. The zero-order chi connectivity index (χ0) is 17.0. The first-order chi connectivity index (χ1) is 11.0. The molecule has 0 amide bonds. The van der Waals surface area contributed by atoms with Crippen LogP contribution in [-0.2, 0) is 11.2 Å². The molecule has 0 atom stereocenters. The van der Waals surface area contributed by atoms with E-state index in [-0.39, 0.29) is 22.8 Å². The Kier molecular flexibility index (Phi) is 5.77. The van der Waals surface area contributed by atoms with Crippen LogP contribution < -0.4 is 4.74 Å². The number of aromatic nitrogens is 1. The summed E-state index contributed by atoms with van der Waals surface area (Å²) in [6.07, 6.45) is 1.48. The summed E-state index contributed by atoms with van der Waals surface area (Å²) in [5.74, 6) is -0.383. The topological polar surface area (TPSA) is 48.4 Å². The quantitative estimate of drug-likeness (QED) is 0.554. The summed E-state index contributed by atoms with van der Waals surface area (Å²) in [5.41, 5.74) is 1.90. The highest BCUT2D eigenvalue weighted by atomic mass is 35.5. The largest absolute Gasteiger partial charge is 0.513 e. The summed E-state index contributed by atoms with van der Waals surface area (Å²) in [6, 6.07) is 2.76. The van der Waals surface area contributed by atoms with Crippen molar-refractivity contribution < 1.29 is 18.7 Å². The number of carbonyl (C=O) groups excluding carboxylic acids is 1. The molecule has 2 aromatic rings. The van der Waals surface area contributed by atoms with Crippen LogP contribution in [-0.4, -0.2) is 17.7 Å². The molecule has 0 aliphatic rings. The third kappa shape index (κ3) is 3.72. The van der Waals surface area contributed by atoms with Crippen LogP contribution in [0, 0.1) is 12.7 Å². The first-order valence-electron chi connectivity index (χ1n) is 7.61. The average molecular weight is 340 g/mol. The molecule has 0 aliphatic heterocycles. The lowest BCUT2D eigenvalue weighted by molar-refractivity contribution is 0.0980. The van der Waals surface area contributed by atoms with Crippen molar-refractivity contribution >= 4 is 28.7 Å². The molecular formula is C17H19ClFNO3. The molecule has 0 radical (unpaired) electrons. The van der Waals surface area contributed by atoms with Gasteiger partial charge in [0.05, 0.1) is 22.5 Å². The third-order valence-electron chi connectivity index (χ3n) is 3.57. The van der Waals surface area contributed by atoms with Gasteiger partial charge in [0, 0.05) is 11.3 Å². The molecule has 6 heteroatoms. The van der Waals surface area contributed by atoms with E-state index in [0.29, 0.717) is 17.5 Å². The first-order valence-corrected chi connectivity index (χ1v) is 7.99. The number of fused-ring (bicyclic) bond motifs is 1. The summed E-state index contributed by atoms with van der Waals surface area (Å²) in [4.78, 5) is 16.3. The zero-order valence-electron chi connectivity index (χ0n) is 13.4. The van der Waals surface area contributed by atoms with E-state index in [0.717, 1.165) is 18.5 Å². The number of halogens is 2. The lowest BCUT2D eigenvalue weighted by Crippen LogP contribution is -2.13. The second-order valence-electron chi connectivity index (χ2n) is 5.18. The molecule has 1 heterocycles. The van der Waals surface area contributed by atoms with E-state index in [9.17, 15) is 9.18 Å². The Morgan fingerprint density at radius 3 is 2.74 bits per heavy atom. The maximum atomic E-state index is 13.8. The van der Waals surface area contributed by atoms with E-state index in [1.54, 1.807) is 6.92 Å². The van der Waals surface area contributed by atoms with Crippen molar-refractivity contribution in [2.45, 2.75) is 40.0 Å². The number of unbranched alkanes of at least 4 members (excludes halogenated alkanes) is 1. The Morgan fingerprint density at radius 2 is 2.09 bits per heavy atom. The van der Waals surface area contributed by atoms with Crippen molar-refractivity contribution in [2.75, 3.05) is 6.61 Å². The van der Waals surface area contributed by atoms with Gasteiger partial charge in [0.2, 0.25) is 0 Å². The lowest BCUT2D eigenvalue weighted by Gasteiger charge is -2.14. The van der Waals surface area contributed by atoms with Crippen molar-refractivity contribution in [3.63, 3.8) is 0 Å². The van der Waals surface area contributed by atoms with E-state index >= 15 is 0 Å². The van der Waals surface area contributed by atoms with Crippen LogP contribution >= 0.6 is 11.6 Å². The molecule has 0 bridgehead atoms. The number of pyridine rings is 1. The minimum absolute atomic E-state index is 0.114. The number of aryl methyl sites for hydroxylation is 1. The Bertz CT molecular complexity index is 734. The van der Waals surface area contributed by atoms with Gasteiger partial charge in [-0.3, -0.25) is 4.98 Å². The smallest absolute Gasteiger partial charge is 0.434 e. The number of ether oxygens (including phenoxy) is 2. The van der Waals surface area contributed by atoms with Gasteiger partial charge in [0.15, 0.2) is 0 Å². The Morgan fingerprint density at radius 1 is 1.35 bits per heavy atom. The standard InChI is InChI=1S/C17H19ClFNO3/c1-4-6-9-22-17(21)23-16-10(3)12(5-2)20-13-8-7-11(19)15(18)14(13)16/h7-8H,4-6,9H2,1-3H3. The van der Waals surface area contributed by atoms with Crippen molar-refractivity contribution in [3.05, 3.63) is 34.2 Å². The zero-order valence-corrected chi connectivity index (χ0v) is 14.2. The fourth-order valence-corrected chi connectivity index (χ4v) is 2.53. The normalized spacial score (nSPS) is 10.8. The molecule has 124 valence electrons. The van der Waals surface area contributed by atoms with E-state index in [4.69, 9.17) is 21.1 Å². The van der Waals surface area contributed by atoms with Crippen LogP contribution in [0.15, 0.2) is 12.1 Å². The summed E-state index contributed by atoms with van der Waals surface area (Å²) >= 11 is 6.06. The molecule has 23 heavy (non-hydrogen) atoms. The van der Waals surface area contributed by atoms with Gasteiger partial charge in [-0.25, -0.2) is 9.18 Å². The van der Waals surface area contributed by atoms with Gasteiger partial charge < -0.3 is 9.47 Å². The van der Waals surface area contributed by atoms with Gasteiger partial charge in [0.25, 0.3) is 0 Å². The second kappa shape index (κ2) is 7.59. The minimum Gasteiger partial charge on any atom is -0.434 e. The van der Waals surface area contributed by atoms with Crippen molar-refractivity contribution in [1.29, 1.82) is 0 Å². The maximum Gasteiger partial charge on any atom is 0.513 e. The van der Waals surface area contributed by atoms with Crippen molar-refractivity contribution in [1.82, 2.24) is 4.98 Å². The van der Waals surface area contributed by atoms with Crippen LogP contribution in [0.5, 0.6) is 5.75 Å². The van der Waals surface area contributed by atoms with Crippen molar-refractivity contribution in [2.24, 2.45) is 0 Å². The van der Waals surface area contributed by atoms with Crippen LogP contribution in [0.3, 0.4) is 0 Å². The molecule has 0 saturated heterocycles. The van der Waals surface area contributed by atoms with Gasteiger partial charge in [0.1, 0.15) is 11.6 Å². The molecule has 4 nitrogen and oxygen atoms in total. The molecule has 0 saturated carbocycles. The highest BCUT2D eigenvalue weighted by Crippen LogP contribution is 2.37. The number of carbonyl (C=O) groups is 1. The number of benzene rings is 1. The van der Waals surface area contributed by atoms with Gasteiger partial charge in [-0.2, -0.15) is 0 Å². The molecule has 1 aromatic carbocycles. The highest BCUT2D eigenvalue weighted by Gasteiger charge is 2.20. The molecule has 0 spiro atoms. The van der Waals surface area contributed by atoms with Gasteiger partial charge in [-0.1, -0.05) is 31.9 Å². The minimum atomic E-state index is -0.823. The van der Waals surface area contributed by atoms with Gasteiger partial charge in [-0.05, 0) is 31.9 Å². The Labute approximate surface area is 139 Å². The van der Waals surface area contributed by atoms with Crippen LogP contribution in [0.1, 0.15) is 37.9 Å². The molecule has 2 rings (SSSR count). The molecule has 0 unspecified atom stereocenters. The highest BCUT2D eigenvalue weighted by molar-refractivity contribution is 6.36. The summed E-state index contributed by atoms with van der Waals surface area (Å²) in [5, 5.41) is 0.172. The molecule has 0 N–H and O–H groups in total. The molecule has 1 aromatic heterocycles. The first kappa shape index (κ1) is 17.5. The predicted molar refractivity (Wildman–Crippen MR) is 87.7 cm³/mol. The van der Waals surface area contributed by atoms with E-state index in [2.05, 4.69) is 4.98 Å². The van der Waals surface area contributed by atoms with Gasteiger partial charge in [-0.15, -0.1) is 0 Å². The Balaban J connectivity index is 2.49. The average Bonchev–Trinajstić information content (AvgIpc) is 2.53. The van der Waals surface area contributed by atoms with Crippen molar-refractivity contribution in [3.8, 4) is 5.75 Å². The fraction of sp³-hybridized carbons (Fsp3) is 0.412. The van der Waals surface area contributed by atoms with E-state index < -0.39 is 12.0 Å². The summed E-state index contributed by atoms with van der Waals surface area (Å²) < 4.78 is 24.1. The molecule has 0 fully saturated rings. The molecule has 0 aliphatic carbocycles.